The van der Waals surface area contributed by atoms with Gasteiger partial charge in [0.2, 0.25) is 0 Å². The quantitative estimate of drug-likeness (QED) is 0.353. The van der Waals surface area contributed by atoms with Crippen molar-refractivity contribution in [3.63, 3.8) is 0 Å². The lowest BCUT2D eigenvalue weighted by atomic mass is 9.90. The zero-order valence-corrected chi connectivity index (χ0v) is 28.3. The maximum absolute atomic E-state index is 15.7. The molecule has 12 heteroatoms. The largest absolute Gasteiger partial charge is 0.392 e. The highest BCUT2D eigenvalue weighted by Crippen LogP contribution is 2.41. The topological polar surface area (TPSA) is 107 Å². The third-order valence-corrected chi connectivity index (χ3v) is 10.9. The monoisotopic (exact) mass is 669 g/mol. The van der Waals surface area contributed by atoms with Gasteiger partial charge in [-0.1, -0.05) is 13.8 Å². The van der Waals surface area contributed by atoms with Gasteiger partial charge in [0.05, 0.1) is 25.9 Å². The zero-order valence-electron chi connectivity index (χ0n) is 28.3. The molecular weight excluding hydrogens is 625 g/mol. The Labute approximate surface area is 285 Å². The molecule has 2 saturated heterocycles. The number of ether oxygens (including phenoxy) is 1. The molecule has 4 aliphatic heterocycles. The Kier molecular flexibility index (Phi) is 7.92. The molecular formula is C37H44FN7O4. The molecule has 0 radical (unpaired) electrons. The second-order valence-electron chi connectivity index (χ2n) is 14.7. The lowest BCUT2D eigenvalue weighted by Crippen LogP contribution is -2.56. The number of amides is 1. The molecule has 49 heavy (non-hydrogen) atoms. The summed E-state index contributed by atoms with van der Waals surface area (Å²) in [5.74, 6) is -0.810. The third kappa shape index (κ3) is 5.55. The summed E-state index contributed by atoms with van der Waals surface area (Å²) in [7, 11) is 1.70. The number of anilines is 3. The molecule has 1 amide bonds. The Balaban J connectivity index is 1.02. The van der Waals surface area contributed by atoms with E-state index in [4.69, 9.17) is 4.74 Å². The number of rotatable bonds is 7. The van der Waals surface area contributed by atoms with Crippen molar-refractivity contribution in [3.05, 3.63) is 93.1 Å². The second kappa shape index (κ2) is 12.2. The van der Waals surface area contributed by atoms with Gasteiger partial charge in [0, 0.05) is 86.3 Å². The van der Waals surface area contributed by atoms with Crippen molar-refractivity contribution in [2.24, 2.45) is 12.5 Å². The summed E-state index contributed by atoms with van der Waals surface area (Å²) >= 11 is 0. The van der Waals surface area contributed by atoms with Crippen LogP contribution in [-0.2, 0) is 31.2 Å². The first kappa shape index (κ1) is 31.9. The fraction of sp³-hybridized carbons (Fsp3) is 0.459. The van der Waals surface area contributed by atoms with Crippen molar-refractivity contribution >= 4 is 28.5 Å². The highest BCUT2D eigenvalue weighted by Gasteiger charge is 2.43. The van der Waals surface area contributed by atoms with Gasteiger partial charge >= 0.3 is 0 Å². The summed E-state index contributed by atoms with van der Waals surface area (Å²) in [6, 6.07) is 10.5. The number of halogens is 1. The fourth-order valence-corrected chi connectivity index (χ4v) is 8.16. The van der Waals surface area contributed by atoms with Crippen LogP contribution in [-0.4, -0.2) is 94.7 Å². The minimum atomic E-state index is -0.670. The normalized spacial score (nSPS) is 22.2. The van der Waals surface area contributed by atoms with Crippen LogP contribution in [0.4, 0.5) is 21.5 Å². The van der Waals surface area contributed by atoms with Gasteiger partial charge in [0.25, 0.3) is 11.5 Å². The van der Waals surface area contributed by atoms with Crippen LogP contribution in [0.25, 0.3) is 5.57 Å². The number of nitrogens with zero attached hydrogens (tertiary/aromatic N) is 5. The lowest BCUT2D eigenvalue weighted by molar-refractivity contribution is -0.0660. The molecule has 1 aliphatic carbocycles. The number of aromatic nitrogens is 2. The number of hydrogen-bond acceptors (Lipinski definition) is 8. The van der Waals surface area contributed by atoms with Crippen molar-refractivity contribution in [1.82, 2.24) is 24.3 Å². The maximum Gasteiger partial charge on any atom is 0.275 e. The van der Waals surface area contributed by atoms with Gasteiger partial charge in [-0.15, -0.1) is 0 Å². The van der Waals surface area contributed by atoms with Gasteiger partial charge < -0.3 is 39.4 Å². The minimum Gasteiger partial charge on any atom is -0.392 e. The molecule has 1 aromatic carbocycles. The van der Waals surface area contributed by atoms with Crippen LogP contribution in [0.15, 0.2) is 59.2 Å². The van der Waals surface area contributed by atoms with Crippen molar-refractivity contribution in [1.29, 1.82) is 0 Å². The number of nitrogens with one attached hydrogen (secondary N) is 2. The molecule has 2 fully saturated rings. The summed E-state index contributed by atoms with van der Waals surface area (Å²) in [4.78, 5) is 33.7. The van der Waals surface area contributed by atoms with E-state index in [9.17, 15) is 14.7 Å². The number of hydrogen-bond donors (Lipinski definition) is 3. The van der Waals surface area contributed by atoms with E-state index >= 15 is 4.39 Å². The fourth-order valence-electron chi connectivity index (χ4n) is 8.16. The summed E-state index contributed by atoms with van der Waals surface area (Å²) in [6.45, 7) is 10.4. The van der Waals surface area contributed by atoms with Crippen LogP contribution >= 0.6 is 0 Å². The molecule has 0 bridgehead atoms. The number of dihydropyridines is 1. The molecule has 258 valence electrons. The number of pyridine rings is 1. The molecule has 6 heterocycles. The zero-order chi connectivity index (χ0) is 34.0. The average Bonchev–Trinajstić information content (AvgIpc) is 3.53. The summed E-state index contributed by atoms with van der Waals surface area (Å²) in [5, 5.41) is 17.2. The van der Waals surface area contributed by atoms with E-state index in [-0.39, 0.29) is 23.3 Å². The highest BCUT2D eigenvalue weighted by atomic mass is 19.1. The smallest absolute Gasteiger partial charge is 0.275 e. The first-order valence-electron chi connectivity index (χ1n) is 17.2. The molecule has 3 N–H and O–H groups in total. The van der Waals surface area contributed by atoms with Crippen molar-refractivity contribution in [3.8, 4) is 0 Å². The van der Waals surface area contributed by atoms with E-state index in [0.29, 0.717) is 53.5 Å². The number of fused-ring (bicyclic) bond motifs is 3. The van der Waals surface area contributed by atoms with Gasteiger partial charge in [0.15, 0.2) is 5.82 Å². The molecule has 3 aromatic rings. The van der Waals surface area contributed by atoms with Crippen molar-refractivity contribution in [2.45, 2.75) is 45.4 Å². The van der Waals surface area contributed by atoms with Crippen molar-refractivity contribution in [2.75, 3.05) is 62.8 Å². The standard InChI is InChI=1S/C37H44FN7O4/c1-37(2)17-28-31(18-37)44-14-15-45(36(48)33(44)32(28)38)34-29(20-46)27(8-9-39-34)23-16-30(35(47)41(3)19-23)40-24-4-6-25(7-5-24)42-10-12-43(13-11-42)26-21-49-22-26/h4-9,16,19,26,34,39-40,46H,10-15,17-18,20-22H2,1-3H3. The summed E-state index contributed by atoms with van der Waals surface area (Å²) in [5.41, 5.74) is 5.78. The van der Waals surface area contributed by atoms with Crippen LogP contribution < -0.4 is 21.1 Å². The van der Waals surface area contributed by atoms with Gasteiger partial charge in [-0.25, -0.2) is 4.39 Å². The van der Waals surface area contributed by atoms with E-state index in [1.165, 1.54) is 4.57 Å². The Morgan fingerprint density at radius 2 is 1.80 bits per heavy atom. The Morgan fingerprint density at radius 3 is 2.49 bits per heavy atom. The van der Waals surface area contributed by atoms with Gasteiger partial charge in [-0.3, -0.25) is 14.5 Å². The molecule has 0 spiro atoms. The van der Waals surface area contributed by atoms with Crippen LogP contribution in [0, 0.1) is 11.2 Å². The SMILES string of the molecule is Cn1cc(C2=C(CO)C(N3CCn4c5c(c(F)c4C3=O)CC(C)(C)C5)NC=C2)cc(Nc2ccc(N3CCN(C4COC4)CC3)cc2)c1=O. The van der Waals surface area contributed by atoms with E-state index in [1.54, 1.807) is 30.4 Å². The molecule has 8 rings (SSSR count). The first-order valence-corrected chi connectivity index (χ1v) is 17.2. The molecule has 11 nitrogen and oxygen atoms in total. The number of carbonyl (C=O) groups excluding carboxylic acids is 1. The lowest BCUT2D eigenvalue weighted by Gasteiger charge is -2.43. The first-order chi connectivity index (χ1) is 23.6. The minimum absolute atomic E-state index is 0.0283. The van der Waals surface area contributed by atoms with Crippen LogP contribution in [0.3, 0.4) is 0 Å². The number of allylic oxidation sites excluding steroid dienone is 2. The van der Waals surface area contributed by atoms with Gasteiger partial charge in [0.1, 0.15) is 17.5 Å². The molecule has 1 atom stereocenters. The number of carbonyl (C=O) groups is 1. The van der Waals surface area contributed by atoms with Crippen LogP contribution in [0.2, 0.25) is 0 Å². The molecule has 1 unspecified atom stereocenters. The van der Waals surface area contributed by atoms with E-state index in [0.717, 1.165) is 62.9 Å². The Morgan fingerprint density at radius 1 is 1.04 bits per heavy atom. The summed E-state index contributed by atoms with van der Waals surface area (Å²) < 4.78 is 24.5. The van der Waals surface area contributed by atoms with Crippen LogP contribution in [0.5, 0.6) is 0 Å². The third-order valence-electron chi connectivity index (χ3n) is 10.9. The number of aryl methyl sites for hydroxylation is 1. The van der Waals surface area contributed by atoms with Gasteiger partial charge in [-0.05, 0) is 66.4 Å². The number of aliphatic hydroxyl groups is 1. The number of aliphatic hydroxyl groups excluding tert-OH is 1. The van der Waals surface area contributed by atoms with E-state index in [2.05, 4.69) is 46.4 Å². The molecule has 5 aliphatic rings. The Hall–Kier alpha value is -4.39. The maximum atomic E-state index is 15.7. The Bertz CT molecular complexity index is 1920. The molecule has 0 saturated carbocycles. The van der Waals surface area contributed by atoms with Crippen molar-refractivity contribution < 1.29 is 19.0 Å². The predicted molar refractivity (Wildman–Crippen MR) is 186 cm³/mol. The van der Waals surface area contributed by atoms with Gasteiger partial charge in [-0.2, -0.15) is 0 Å². The van der Waals surface area contributed by atoms with E-state index < -0.39 is 17.9 Å². The highest BCUT2D eigenvalue weighted by molar-refractivity contribution is 5.95. The molecule has 2 aromatic heterocycles. The summed E-state index contributed by atoms with van der Waals surface area (Å²) in [6.07, 6.45) is 6.00. The van der Waals surface area contributed by atoms with E-state index in [1.807, 2.05) is 22.8 Å². The average molecular weight is 670 g/mol. The second-order valence-corrected chi connectivity index (χ2v) is 14.7. The predicted octanol–water partition coefficient (Wildman–Crippen LogP) is 3.06. The number of piperazine rings is 1. The van der Waals surface area contributed by atoms with Crippen LogP contribution in [0.1, 0.15) is 41.2 Å². The number of benzene rings is 1.